The highest BCUT2D eigenvalue weighted by molar-refractivity contribution is 5.86. The highest BCUT2D eigenvalue weighted by Crippen LogP contribution is 2.38. The molecule has 0 aromatic carbocycles. The van der Waals surface area contributed by atoms with Crippen LogP contribution in [0.15, 0.2) is 0 Å². The second kappa shape index (κ2) is 5.69. The molecule has 5 heteroatoms. The topological polar surface area (TPSA) is 61.4 Å². The molecule has 5 nitrogen and oxygen atoms in total. The Morgan fingerprint density at radius 3 is 2.83 bits per heavy atom. The van der Waals surface area contributed by atoms with Crippen LogP contribution in [-0.4, -0.2) is 49.4 Å². The summed E-state index contributed by atoms with van der Waals surface area (Å²) >= 11 is 0. The van der Waals surface area contributed by atoms with Crippen LogP contribution in [0.1, 0.15) is 32.6 Å². The lowest BCUT2D eigenvalue weighted by Gasteiger charge is -2.32. The van der Waals surface area contributed by atoms with Gasteiger partial charge in [0.2, 0.25) is 11.8 Å². The number of piperidine rings is 1. The van der Waals surface area contributed by atoms with Gasteiger partial charge < -0.3 is 15.5 Å². The zero-order chi connectivity index (χ0) is 13.0. The number of hydrogen-bond donors (Lipinski definition) is 2. The minimum Gasteiger partial charge on any atom is -0.355 e. The van der Waals surface area contributed by atoms with Gasteiger partial charge in [0.05, 0.1) is 6.54 Å². The van der Waals surface area contributed by atoms with E-state index >= 15 is 0 Å². The first-order valence-corrected chi connectivity index (χ1v) is 6.90. The van der Waals surface area contributed by atoms with Crippen molar-refractivity contribution in [1.29, 1.82) is 0 Å². The molecule has 2 aliphatic heterocycles. The summed E-state index contributed by atoms with van der Waals surface area (Å²) in [4.78, 5) is 25.4. The molecule has 2 saturated heterocycles. The fourth-order valence-electron chi connectivity index (χ4n) is 2.91. The quantitative estimate of drug-likeness (QED) is 0.748. The summed E-state index contributed by atoms with van der Waals surface area (Å²) in [6.07, 6.45) is 3.64. The van der Waals surface area contributed by atoms with Gasteiger partial charge in [-0.3, -0.25) is 9.59 Å². The first-order chi connectivity index (χ1) is 8.65. The molecule has 2 fully saturated rings. The van der Waals surface area contributed by atoms with Crippen LogP contribution in [0, 0.1) is 5.41 Å². The van der Waals surface area contributed by atoms with E-state index in [0.29, 0.717) is 13.0 Å². The highest BCUT2D eigenvalue weighted by atomic mass is 16.2. The van der Waals surface area contributed by atoms with Crippen molar-refractivity contribution in [3.05, 3.63) is 0 Å². The third-order valence-corrected chi connectivity index (χ3v) is 3.98. The van der Waals surface area contributed by atoms with Gasteiger partial charge >= 0.3 is 0 Å². The summed E-state index contributed by atoms with van der Waals surface area (Å²) in [5, 5.41) is 6.15. The Morgan fingerprint density at radius 1 is 1.44 bits per heavy atom. The van der Waals surface area contributed by atoms with Crippen molar-refractivity contribution in [2.45, 2.75) is 32.6 Å². The van der Waals surface area contributed by atoms with Gasteiger partial charge in [0, 0.05) is 19.5 Å². The second-order valence-corrected chi connectivity index (χ2v) is 5.53. The van der Waals surface area contributed by atoms with Crippen molar-refractivity contribution >= 4 is 11.8 Å². The van der Waals surface area contributed by atoms with Gasteiger partial charge in [-0.15, -0.1) is 0 Å². The minimum absolute atomic E-state index is 0.0313. The van der Waals surface area contributed by atoms with Gasteiger partial charge in [-0.25, -0.2) is 0 Å². The van der Waals surface area contributed by atoms with Crippen LogP contribution in [0.25, 0.3) is 0 Å². The predicted octanol–water partition coefficient (Wildman–Crippen LogP) is 0.115. The molecule has 0 radical (unpaired) electrons. The minimum atomic E-state index is -0.0313. The van der Waals surface area contributed by atoms with E-state index in [0.717, 1.165) is 38.9 Å². The highest BCUT2D eigenvalue weighted by Gasteiger charge is 2.43. The van der Waals surface area contributed by atoms with E-state index in [2.05, 4.69) is 10.6 Å². The standard InChI is InChI=1S/C13H23N3O2/c1-2-5-15-11(17)9-16-10-13(8-12(16)18)3-6-14-7-4-13/h14H,2-10H2,1H3,(H,15,17). The molecular formula is C13H23N3O2. The monoisotopic (exact) mass is 253 g/mol. The molecule has 18 heavy (non-hydrogen) atoms. The molecule has 2 rings (SSSR count). The van der Waals surface area contributed by atoms with E-state index in [1.807, 2.05) is 6.92 Å². The average Bonchev–Trinajstić information content (AvgIpc) is 2.64. The number of nitrogens with one attached hydrogen (secondary N) is 2. The fourth-order valence-corrected chi connectivity index (χ4v) is 2.91. The van der Waals surface area contributed by atoms with Crippen LogP contribution < -0.4 is 10.6 Å². The second-order valence-electron chi connectivity index (χ2n) is 5.53. The normalized spacial score (nSPS) is 22.5. The lowest BCUT2D eigenvalue weighted by atomic mass is 9.78. The number of likely N-dealkylation sites (tertiary alicyclic amines) is 1. The van der Waals surface area contributed by atoms with Crippen molar-refractivity contribution in [1.82, 2.24) is 15.5 Å². The summed E-state index contributed by atoms with van der Waals surface area (Å²) in [6, 6.07) is 0. The van der Waals surface area contributed by atoms with Crippen molar-refractivity contribution in [3.8, 4) is 0 Å². The van der Waals surface area contributed by atoms with Crippen LogP contribution in [0.4, 0.5) is 0 Å². The van der Waals surface area contributed by atoms with E-state index in [-0.39, 0.29) is 23.8 Å². The Hall–Kier alpha value is -1.10. The number of rotatable bonds is 4. The Labute approximate surface area is 108 Å². The Kier molecular flexibility index (Phi) is 4.22. The molecule has 2 N–H and O–H groups in total. The Bertz CT molecular complexity index is 324. The number of hydrogen-bond acceptors (Lipinski definition) is 3. The smallest absolute Gasteiger partial charge is 0.239 e. The van der Waals surface area contributed by atoms with Crippen LogP contribution >= 0.6 is 0 Å². The molecule has 2 aliphatic rings. The lowest BCUT2D eigenvalue weighted by Crippen LogP contribution is -2.41. The van der Waals surface area contributed by atoms with Crippen molar-refractivity contribution in [3.63, 3.8) is 0 Å². The molecule has 2 amide bonds. The SMILES string of the molecule is CCCNC(=O)CN1CC2(CCNCC2)CC1=O. The van der Waals surface area contributed by atoms with Crippen molar-refractivity contribution in [2.75, 3.05) is 32.7 Å². The average molecular weight is 253 g/mol. The zero-order valence-corrected chi connectivity index (χ0v) is 11.1. The third-order valence-electron chi connectivity index (χ3n) is 3.98. The summed E-state index contributed by atoms with van der Waals surface area (Å²) in [6.45, 7) is 5.68. The summed E-state index contributed by atoms with van der Waals surface area (Å²) < 4.78 is 0. The van der Waals surface area contributed by atoms with Gasteiger partial charge in [0.15, 0.2) is 0 Å². The molecule has 0 atom stereocenters. The molecule has 0 saturated carbocycles. The molecule has 0 bridgehead atoms. The summed E-state index contributed by atoms with van der Waals surface area (Å²) in [7, 11) is 0. The van der Waals surface area contributed by atoms with Crippen LogP contribution in [0.5, 0.6) is 0 Å². The molecule has 0 aromatic rings. The van der Waals surface area contributed by atoms with Crippen LogP contribution in [0.3, 0.4) is 0 Å². The number of carbonyl (C=O) groups is 2. The molecule has 0 unspecified atom stereocenters. The first kappa shape index (κ1) is 13.3. The van der Waals surface area contributed by atoms with Crippen molar-refractivity contribution < 1.29 is 9.59 Å². The van der Waals surface area contributed by atoms with E-state index < -0.39 is 0 Å². The maximum Gasteiger partial charge on any atom is 0.239 e. The lowest BCUT2D eigenvalue weighted by molar-refractivity contribution is -0.133. The summed E-state index contributed by atoms with van der Waals surface area (Å²) in [5.74, 6) is 0.111. The molecular weight excluding hydrogens is 230 g/mol. The maximum absolute atomic E-state index is 12.0. The third kappa shape index (κ3) is 3.02. The van der Waals surface area contributed by atoms with E-state index in [9.17, 15) is 9.59 Å². The largest absolute Gasteiger partial charge is 0.355 e. The number of amides is 2. The Balaban J connectivity index is 1.87. The Morgan fingerprint density at radius 2 is 2.17 bits per heavy atom. The van der Waals surface area contributed by atoms with Gasteiger partial charge in [0.25, 0.3) is 0 Å². The first-order valence-electron chi connectivity index (χ1n) is 6.90. The van der Waals surface area contributed by atoms with Gasteiger partial charge in [-0.2, -0.15) is 0 Å². The molecule has 1 spiro atoms. The maximum atomic E-state index is 12.0. The zero-order valence-electron chi connectivity index (χ0n) is 11.1. The summed E-state index contributed by atoms with van der Waals surface area (Å²) in [5.41, 5.74) is 0.132. The molecule has 0 aliphatic carbocycles. The number of nitrogens with zero attached hydrogens (tertiary/aromatic N) is 1. The van der Waals surface area contributed by atoms with Gasteiger partial charge in [0.1, 0.15) is 0 Å². The molecule has 102 valence electrons. The van der Waals surface area contributed by atoms with E-state index in [1.165, 1.54) is 0 Å². The molecule has 0 aromatic heterocycles. The van der Waals surface area contributed by atoms with Crippen molar-refractivity contribution in [2.24, 2.45) is 5.41 Å². The predicted molar refractivity (Wildman–Crippen MR) is 69.0 cm³/mol. The van der Waals surface area contributed by atoms with E-state index in [1.54, 1.807) is 4.90 Å². The van der Waals surface area contributed by atoms with Gasteiger partial charge in [-0.1, -0.05) is 6.92 Å². The molecule has 2 heterocycles. The van der Waals surface area contributed by atoms with Crippen LogP contribution in [-0.2, 0) is 9.59 Å². The van der Waals surface area contributed by atoms with E-state index in [4.69, 9.17) is 0 Å². The fraction of sp³-hybridized carbons (Fsp3) is 0.846. The number of carbonyl (C=O) groups excluding carboxylic acids is 2. The van der Waals surface area contributed by atoms with Crippen LogP contribution in [0.2, 0.25) is 0 Å². The van der Waals surface area contributed by atoms with Gasteiger partial charge in [-0.05, 0) is 37.8 Å².